The number of aryl methyl sites for hydroxylation is 1. The van der Waals surface area contributed by atoms with E-state index in [2.05, 4.69) is 30.6 Å². The Labute approximate surface area is 145 Å². The molecule has 3 aromatic heterocycles. The molecular weight excluding hydrogens is 320 g/mol. The second-order valence-corrected chi connectivity index (χ2v) is 6.18. The summed E-state index contributed by atoms with van der Waals surface area (Å²) in [5.74, 6) is 2.47. The maximum Gasteiger partial charge on any atom is 0.283 e. The van der Waals surface area contributed by atoms with Gasteiger partial charge in [0.25, 0.3) is 5.89 Å². The minimum Gasteiger partial charge on any atom is -0.459 e. The second-order valence-electron chi connectivity index (χ2n) is 6.18. The van der Waals surface area contributed by atoms with E-state index in [0.717, 1.165) is 37.4 Å². The molecular formula is C17H20N6O2. The summed E-state index contributed by atoms with van der Waals surface area (Å²) in [5.41, 5.74) is 0.930. The van der Waals surface area contributed by atoms with E-state index >= 15 is 0 Å². The SMILES string of the molecule is Cc1ccc(N2CCC[C@@H](NCc3nnc(-c4ccco4)o3)C2)nn1. The summed E-state index contributed by atoms with van der Waals surface area (Å²) < 4.78 is 10.9. The summed E-state index contributed by atoms with van der Waals surface area (Å²) in [6.07, 6.45) is 3.80. The van der Waals surface area contributed by atoms with Crippen LogP contribution in [0.3, 0.4) is 0 Å². The van der Waals surface area contributed by atoms with Crippen molar-refractivity contribution in [3.05, 3.63) is 42.1 Å². The maximum atomic E-state index is 5.63. The molecule has 8 nitrogen and oxygen atoms in total. The van der Waals surface area contributed by atoms with Gasteiger partial charge in [0.05, 0.1) is 18.5 Å². The molecule has 1 aliphatic rings. The van der Waals surface area contributed by atoms with Crippen LogP contribution in [0.1, 0.15) is 24.4 Å². The number of nitrogens with zero attached hydrogens (tertiary/aromatic N) is 5. The molecule has 0 amide bonds. The van der Waals surface area contributed by atoms with E-state index in [4.69, 9.17) is 8.83 Å². The molecule has 25 heavy (non-hydrogen) atoms. The number of nitrogens with one attached hydrogen (secondary N) is 1. The molecule has 0 aliphatic carbocycles. The Balaban J connectivity index is 1.34. The lowest BCUT2D eigenvalue weighted by molar-refractivity contribution is 0.388. The highest BCUT2D eigenvalue weighted by Crippen LogP contribution is 2.19. The maximum absolute atomic E-state index is 5.63. The van der Waals surface area contributed by atoms with Crippen molar-refractivity contribution in [3.63, 3.8) is 0 Å². The standard InChI is InChI=1S/C17H20N6O2/c1-12-6-7-15(20-19-12)23-8-2-4-13(11-23)18-10-16-21-22-17(25-16)14-5-3-9-24-14/h3,5-7,9,13,18H,2,4,8,10-11H2,1H3/t13-/m1/s1. The molecule has 3 aromatic rings. The molecule has 1 fully saturated rings. The Bertz CT molecular complexity index is 799. The first-order valence-electron chi connectivity index (χ1n) is 8.43. The van der Waals surface area contributed by atoms with Crippen molar-refractivity contribution >= 4 is 5.82 Å². The molecule has 0 aromatic carbocycles. The third-order valence-electron chi connectivity index (χ3n) is 4.27. The molecule has 1 saturated heterocycles. The lowest BCUT2D eigenvalue weighted by Crippen LogP contribution is -2.45. The van der Waals surface area contributed by atoms with Crippen LogP contribution in [0.2, 0.25) is 0 Å². The zero-order valence-electron chi connectivity index (χ0n) is 14.1. The Morgan fingerprint density at radius 2 is 2.16 bits per heavy atom. The first kappa shape index (κ1) is 15.8. The zero-order valence-corrected chi connectivity index (χ0v) is 14.1. The van der Waals surface area contributed by atoms with Crippen LogP contribution in [0, 0.1) is 6.92 Å². The van der Waals surface area contributed by atoms with Crippen molar-refractivity contribution in [2.45, 2.75) is 32.4 Å². The van der Waals surface area contributed by atoms with E-state index in [1.165, 1.54) is 0 Å². The molecule has 0 saturated carbocycles. The fourth-order valence-corrected chi connectivity index (χ4v) is 2.97. The highest BCUT2D eigenvalue weighted by Gasteiger charge is 2.21. The van der Waals surface area contributed by atoms with Crippen LogP contribution in [0.5, 0.6) is 0 Å². The molecule has 130 valence electrons. The Morgan fingerprint density at radius 1 is 1.20 bits per heavy atom. The summed E-state index contributed by atoms with van der Waals surface area (Å²) in [4.78, 5) is 2.26. The molecule has 1 aliphatic heterocycles. The van der Waals surface area contributed by atoms with Gasteiger partial charge in [-0.3, -0.25) is 0 Å². The van der Waals surface area contributed by atoms with Crippen LogP contribution in [-0.4, -0.2) is 39.5 Å². The minimum atomic E-state index is 0.343. The van der Waals surface area contributed by atoms with E-state index in [-0.39, 0.29) is 0 Å². The smallest absolute Gasteiger partial charge is 0.283 e. The van der Waals surface area contributed by atoms with Gasteiger partial charge in [-0.2, -0.15) is 5.10 Å². The van der Waals surface area contributed by atoms with Crippen LogP contribution in [-0.2, 0) is 6.54 Å². The van der Waals surface area contributed by atoms with Gasteiger partial charge < -0.3 is 19.1 Å². The molecule has 0 spiro atoms. The highest BCUT2D eigenvalue weighted by atomic mass is 16.4. The molecule has 4 rings (SSSR count). The third kappa shape index (κ3) is 3.69. The summed E-state index contributed by atoms with van der Waals surface area (Å²) in [6, 6.07) is 7.96. The lowest BCUT2D eigenvalue weighted by Gasteiger charge is -2.33. The van der Waals surface area contributed by atoms with E-state index < -0.39 is 0 Å². The first-order chi connectivity index (χ1) is 12.3. The summed E-state index contributed by atoms with van der Waals surface area (Å²) >= 11 is 0. The van der Waals surface area contributed by atoms with E-state index in [1.54, 1.807) is 18.4 Å². The van der Waals surface area contributed by atoms with Crippen molar-refractivity contribution in [2.75, 3.05) is 18.0 Å². The van der Waals surface area contributed by atoms with Gasteiger partial charge in [-0.1, -0.05) is 0 Å². The van der Waals surface area contributed by atoms with Crippen molar-refractivity contribution in [1.82, 2.24) is 25.7 Å². The Morgan fingerprint density at radius 3 is 2.96 bits per heavy atom. The van der Waals surface area contributed by atoms with Gasteiger partial charge in [0.1, 0.15) is 0 Å². The number of hydrogen-bond acceptors (Lipinski definition) is 8. The molecule has 4 heterocycles. The van der Waals surface area contributed by atoms with Crippen LogP contribution in [0.25, 0.3) is 11.7 Å². The fraction of sp³-hybridized carbons (Fsp3) is 0.412. The fourth-order valence-electron chi connectivity index (χ4n) is 2.97. The monoisotopic (exact) mass is 340 g/mol. The van der Waals surface area contributed by atoms with Gasteiger partial charge in [0.15, 0.2) is 11.6 Å². The summed E-state index contributed by atoms with van der Waals surface area (Å²) in [7, 11) is 0. The van der Waals surface area contributed by atoms with E-state index in [0.29, 0.717) is 30.1 Å². The van der Waals surface area contributed by atoms with Crippen molar-refractivity contribution < 1.29 is 8.83 Å². The summed E-state index contributed by atoms with van der Waals surface area (Å²) in [5, 5.41) is 20.0. The third-order valence-corrected chi connectivity index (χ3v) is 4.27. The number of hydrogen-bond donors (Lipinski definition) is 1. The van der Waals surface area contributed by atoms with Crippen LogP contribution in [0.15, 0.2) is 39.4 Å². The lowest BCUT2D eigenvalue weighted by atomic mass is 10.1. The van der Waals surface area contributed by atoms with E-state index in [1.807, 2.05) is 19.1 Å². The number of rotatable bonds is 5. The van der Waals surface area contributed by atoms with Gasteiger partial charge in [-0.15, -0.1) is 15.3 Å². The van der Waals surface area contributed by atoms with E-state index in [9.17, 15) is 0 Å². The number of anilines is 1. The molecule has 0 bridgehead atoms. The van der Waals surface area contributed by atoms with Gasteiger partial charge in [0, 0.05) is 19.1 Å². The Kier molecular flexibility index (Phi) is 4.43. The normalized spacial score (nSPS) is 17.8. The zero-order chi connectivity index (χ0) is 17.1. The molecule has 1 atom stereocenters. The van der Waals surface area contributed by atoms with Gasteiger partial charge in [-0.25, -0.2) is 0 Å². The quantitative estimate of drug-likeness (QED) is 0.755. The molecule has 0 unspecified atom stereocenters. The molecule has 8 heteroatoms. The summed E-state index contributed by atoms with van der Waals surface area (Å²) in [6.45, 7) is 4.36. The van der Waals surface area contributed by atoms with Gasteiger partial charge in [-0.05, 0) is 44.0 Å². The predicted molar refractivity (Wildman–Crippen MR) is 90.8 cm³/mol. The first-order valence-corrected chi connectivity index (χ1v) is 8.43. The minimum absolute atomic E-state index is 0.343. The average Bonchev–Trinajstić information content (AvgIpc) is 3.32. The largest absolute Gasteiger partial charge is 0.459 e. The van der Waals surface area contributed by atoms with Crippen LogP contribution < -0.4 is 10.2 Å². The second kappa shape index (κ2) is 7.02. The van der Waals surface area contributed by atoms with Crippen molar-refractivity contribution in [3.8, 4) is 11.7 Å². The topological polar surface area (TPSA) is 93.1 Å². The highest BCUT2D eigenvalue weighted by molar-refractivity contribution is 5.42. The molecule has 1 N–H and O–H groups in total. The number of piperidine rings is 1. The van der Waals surface area contributed by atoms with Crippen molar-refractivity contribution in [1.29, 1.82) is 0 Å². The van der Waals surface area contributed by atoms with Crippen LogP contribution >= 0.6 is 0 Å². The van der Waals surface area contributed by atoms with Gasteiger partial charge >= 0.3 is 0 Å². The number of aromatic nitrogens is 4. The predicted octanol–water partition coefficient (Wildman–Crippen LogP) is 2.19. The Hall–Kier alpha value is -2.74. The molecule has 0 radical (unpaired) electrons. The number of furan rings is 1. The van der Waals surface area contributed by atoms with Gasteiger partial charge in [0.2, 0.25) is 5.89 Å². The average molecular weight is 340 g/mol. The van der Waals surface area contributed by atoms with Crippen LogP contribution in [0.4, 0.5) is 5.82 Å². The van der Waals surface area contributed by atoms with Crippen molar-refractivity contribution in [2.24, 2.45) is 0 Å².